The maximum Gasteiger partial charge on any atom is 0.122 e. The van der Waals surface area contributed by atoms with Gasteiger partial charge in [-0.1, -0.05) is 23.2 Å². The van der Waals surface area contributed by atoms with Crippen molar-refractivity contribution >= 4 is 23.2 Å². The summed E-state index contributed by atoms with van der Waals surface area (Å²) < 4.78 is 5.59. The first-order valence-corrected chi connectivity index (χ1v) is 6.82. The van der Waals surface area contributed by atoms with Gasteiger partial charge in [0.1, 0.15) is 5.75 Å². The summed E-state index contributed by atoms with van der Waals surface area (Å²) in [6.07, 6.45) is 4.88. The highest BCUT2D eigenvalue weighted by Crippen LogP contribution is 2.24. The lowest BCUT2D eigenvalue weighted by molar-refractivity contribution is 0.306. The van der Waals surface area contributed by atoms with Crippen LogP contribution in [0.2, 0.25) is 10.0 Å². The van der Waals surface area contributed by atoms with Crippen LogP contribution in [-0.4, -0.2) is 19.2 Å². The van der Waals surface area contributed by atoms with Gasteiger partial charge in [-0.15, -0.1) is 0 Å². The van der Waals surface area contributed by atoms with Gasteiger partial charge in [0.2, 0.25) is 0 Å². The molecule has 1 aliphatic carbocycles. The van der Waals surface area contributed by atoms with Crippen molar-refractivity contribution in [3.05, 3.63) is 28.2 Å². The number of hydrogen-bond donors (Lipinski definition) is 1. The Morgan fingerprint density at radius 1 is 1.12 bits per heavy atom. The molecule has 0 bridgehead atoms. The van der Waals surface area contributed by atoms with Crippen molar-refractivity contribution < 1.29 is 4.74 Å². The monoisotopic (exact) mass is 273 g/mol. The summed E-state index contributed by atoms with van der Waals surface area (Å²) in [5.74, 6) is 0.748. The van der Waals surface area contributed by atoms with E-state index >= 15 is 0 Å². The molecular weight excluding hydrogens is 257 g/mol. The third-order valence-electron chi connectivity index (χ3n) is 2.69. The molecule has 1 aliphatic rings. The van der Waals surface area contributed by atoms with Crippen LogP contribution in [0.4, 0.5) is 0 Å². The minimum atomic E-state index is 0.614. The Morgan fingerprint density at radius 3 is 2.47 bits per heavy atom. The van der Waals surface area contributed by atoms with Crippen molar-refractivity contribution in [2.24, 2.45) is 0 Å². The van der Waals surface area contributed by atoms with Gasteiger partial charge in [0.25, 0.3) is 0 Å². The number of nitrogens with one attached hydrogen (secondary N) is 1. The third kappa shape index (κ3) is 5.15. The average molecular weight is 274 g/mol. The zero-order valence-electron chi connectivity index (χ0n) is 9.72. The molecule has 0 aromatic heterocycles. The summed E-state index contributed by atoms with van der Waals surface area (Å²) in [4.78, 5) is 0. The number of ether oxygens (including phenoxy) is 1. The van der Waals surface area contributed by atoms with E-state index in [1.54, 1.807) is 18.2 Å². The molecule has 0 spiro atoms. The zero-order valence-corrected chi connectivity index (χ0v) is 11.2. The number of rotatable bonds is 7. The first-order chi connectivity index (χ1) is 8.24. The lowest BCUT2D eigenvalue weighted by Gasteiger charge is -2.07. The fourth-order valence-electron chi connectivity index (χ4n) is 1.62. The van der Waals surface area contributed by atoms with E-state index in [1.807, 2.05) is 0 Å². The van der Waals surface area contributed by atoms with E-state index in [0.717, 1.165) is 31.2 Å². The van der Waals surface area contributed by atoms with Crippen LogP contribution in [0.15, 0.2) is 18.2 Å². The largest absolute Gasteiger partial charge is 0.493 e. The Labute approximate surface area is 112 Å². The molecule has 1 N–H and O–H groups in total. The molecule has 0 atom stereocenters. The van der Waals surface area contributed by atoms with Gasteiger partial charge in [0.05, 0.1) is 6.61 Å². The number of benzene rings is 1. The minimum absolute atomic E-state index is 0.614. The highest BCUT2D eigenvalue weighted by atomic mass is 35.5. The van der Waals surface area contributed by atoms with Crippen LogP contribution in [0.5, 0.6) is 5.75 Å². The van der Waals surface area contributed by atoms with Crippen molar-refractivity contribution in [1.29, 1.82) is 0 Å². The van der Waals surface area contributed by atoms with E-state index in [-0.39, 0.29) is 0 Å². The molecule has 94 valence electrons. The van der Waals surface area contributed by atoms with Crippen LogP contribution in [0.1, 0.15) is 25.7 Å². The Hall–Kier alpha value is -0.440. The number of hydrogen-bond acceptors (Lipinski definition) is 2. The van der Waals surface area contributed by atoms with Gasteiger partial charge in [-0.2, -0.15) is 0 Å². The van der Waals surface area contributed by atoms with E-state index in [4.69, 9.17) is 27.9 Å². The molecule has 0 aliphatic heterocycles. The molecule has 1 saturated carbocycles. The van der Waals surface area contributed by atoms with E-state index in [9.17, 15) is 0 Å². The summed E-state index contributed by atoms with van der Waals surface area (Å²) >= 11 is 11.8. The molecule has 4 heteroatoms. The molecular formula is C13H17Cl2NO. The highest BCUT2D eigenvalue weighted by Gasteiger charge is 2.19. The van der Waals surface area contributed by atoms with Crippen molar-refractivity contribution in [2.75, 3.05) is 13.2 Å². The quantitative estimate of drug-likeness (QED) is 0.761. The predicted octanol–water partition coefficient (Wildman–Crippen LogP) is 3.90. The molecule has 0 saturated heterocycles. The summed E-state index contributed by atoms with van der Waals surface area (Å²) in [6, 6.07) is 6.07. The van der Waals surface area contributed by atoms with Gasteiger partial charge >= 0.3 is 0 Å². The number of unbranched alkanes of at least 4 members (excludes halogenated alkanes) is 1. The Kier molecular flexibility index (Phi) is 4.96. The van der Waals surface area contributed by atoms with Crippen molar-refractivity contribution in [3.63, 3.8) is 0 Å². The Balaban J connectivity index is 1.59. The average Bonchev–Trinajstić information content (AvgIpc) is 3.05. The molecule has 0 amide bonds. The van der Waals surface area contributed by atoms with E-state index < -0.39 is 0 Å². The molecule has 2 rings (SSSR count). The number of halogens is 2. The van der Waals surface area contributed by atoms with Gasteiger partial charge < -0.3 is 10.1 Å². The smallest absolute Gasteiger partial charge is 0.122 e. The van der Waals surface area contributed by atoms with Gasteiger partial charge in [0.15, 0.2) is 0 Å². The van der Waals surface area contributed by atoms with Gasteiger partial charge in [0, 0.05) is 16.1 Å². The molecule has 1 aromatic rings. The molecule has 17 heavy (non-hydrogen) atoms. The summed E-state index contributed by atoms with van der Waals surface area (Å²) in [5, 5.41) is 4.70. The lowest BCUT2D eigenvalue weighted by Crippen LogP contribution is -2.17. The molecule has 1 aromatic carbocycles. The highest BCUT2D eigenvalue weighted by molar-refractivity contribution is 6.34. The van der Waals surface area contributed by atoms with Crippen LogP contribution in [0.3, 0.4) is 0 Å². The summed E-state index contributed by atoms with van der Waals surface area (Å²) in [5.41, 5.74) is 0. The van der Waals surface area contributed by atoms with E-state index in [1.165, 1.54) is 12.8 Å². The van der Waals surface area contributed by atoms with Crippen LogP contribution >= 0.6 is 23.2 Å². The van der Waals surface area contributed by atoms with Gasteiger partial charge in [-0.25, -0.2) is 0 Å². The molecule has 0 radical (unpaired) electrons. The molecule has 1 fully saturated rings. The minimum Gasteiger partial charge on any atom is -0.493 e. The van der Waals surface area contributed by atoms with Crippen molar-refractivity contribution in [1.82, 2.24) is 5.32 Å². The van der Waals surface area contributed by atoms with Gasteiger partial charge in [-0.05, 0) is 50.4 Å². The first-order valence-electron chi connectivity index (χ1n) is 6.06. The second-order valence-electron chi connectivity index (χ2n) is 4.39. The Bertz CT molecular complexity index is 346. The first kappa shape index (κ1) is 13.0. The SMILES string of the molecule is Clc1cc(Cl)cc(OCCCCNC2CC2)c1. The summed E-state index contributed by atoms with van der Waals surface area (Å²) in [6.45, 7) is 1.80. The van der Waals surface area contributed by atoms with Crippen LogP contribution in [0.25, 0.3) is 0 Å². The van der Waals surface area contributed by atoms with E-state index in [0.29, 0.717) is 16.7 Å². The maximum atomic E-state index is 5.88. The van der Waals surface area contributed by atoms with Crippen molar-refractivity contribution in [2.45, 2.75) is 31.7 Å². The Morgan fingerprint density at radius 2 is 1.82 bits per heavy atom. The fraction of sp³-hybridized carbons (Fsp3) is 0.538. The van der Waals surface area contributed by atoms with Crippen LogP contribution in [-0.2, 0) is 0 Å². The molecule has 2 nitrogen and oxygen atoms in total. The maximum absolute atomic E-state index is 5.88. The van der Waals surface area contributed by atoms with Gasteiger partial charge in [-0.3, -0.25) is 0 Å². The lowest BCUT2D eigenvalue weighted by atomic mass is 10.3. The fourth-order valence-corrected chi connectivity index (χ4v) is 2.13. The normalized spacial score (nSPS) is 14.9. The van der Waals surface area contributed by atoms with Crippen molar-refractivity contribution in [3.8, 4) is 5.75 Å². The third-order valence-corrected chi connectivity index (χ3v) is 3.12. The van der Waals surface area contributed by atoms with E-state index in [2.05, 4.69) is 5.32 Å². The molecule has 0 heterocycles. The van der Waals surface area contributed by atoms with Crippen LogP contribution in [0, 0.1) is 0 Å². The second kappa shape index (κ2) is 6.48. The topological polar surface area (TPSA) is 21.3 Å². The van der Waals surface area contributed by atoms with Crippen LogP contribution < -0.4 is 10.1 Å². The molecule has 0 unspecified atom stereocenters. The standard InChI is InChI=1S/C13H17Cl2NO/c14-10-7-11(15)9-13(8-10)17-6-2-1-5-16-12-3-4-12/h7-9,12,16H,1-6H2. The zero-order chi connectivity index (χ0) is 12.1. The predicted molar refractivity (Wildman–Crippen MR) is 72.2 cm³/mol. The second-order valence-corrected chi connectivity index (χ2v) is 5.26. The summed E-state index contributed by atoms with van der Waals surface area (Å²) in [7, 11) is 0.